The summed E-state index contributed by atoms with van der Waals surface area (Å²) in [5.74, 6) is -1.16. The molecule has 0 aliphatic heterocycles. The number of methoxy groups -OCH3 is 1. The minimum Gasteiger partial charge on any atom is -0.465 e. The van der Waals surface area contributed by atoms with Gasteiger partial charge in [-0.3, -0.25) is 0 Å². The lowest BCUT2D eigenvalue weighted by atomic mass is 10.4. The Morgan fingerprint density at radius 2 is 2.11 bits per heavy atom. The van der Waals surface area contributed by atoms with E-state index in [2.05, 4.69) is 9.72 Å². The van der Waals surface area contributed by atoms with E-state index >= 15 is 0 Å². The molecule has 0 saturated carbocycles. The van der Waals surface area contributed by atoms with Gasteiger partial charge in [0.15, 0.2) is 0 Å². The first-order valence-electron chi connectivity index (χ1n) is 5.07. The van der Waals surface area contributed by atoms with Crippen molar-refractivity contribution < 1.29 is 26.7 Å². The van der Waals surface area contributed by atoms with Crippen LogP contribution in [0, 0.1) is 6.92 Å². The Hall–Kier alpha value is -1.35. The highest BCUT2D eigenvalue weighted by Crippen LogP contribution is 2.24. The quantitative estimate of drug-likeness (QED) is 0.779. The highest BCUT2D eigenvalue weighted by molar-refractivity contribution is 7.93. The van der Waals surface area contributed by atoms with E-state index in [0.29, 0.717) is 17.4 Å². The largest absolute Gasteiger partial charge is 0.465 e. The van der Waals surface area contributed by atoms with Crippen LogP contribution < -0.4 is 0 Å². The first kappa shape index (κ1) is 15.7. The Morgan fingerprint density at radius 3 is 2.63 bits per heavy atom. The summed E-state index contributed by atoms with van der Waals surface area (Å²) in [4.78, 5) is 15.2. The van der Waals surface area contributed by atoms with Gasteiger partial charge in [-0.25, -0.2) is 18.2 Å². The number of hydrogen-bond donors (Lipinski definition) is 0. The number of rotatable bonds is 5. The first-order chi connectivity index (χ1) is 8.77. The van der Waals surface area contributed by atoms with Crippen molar-refractivity contribution in [2.45, 2.75) is 17.7 Å². The number of allylic oxidation sites excluding steroid dienone is 1. The van der Waals surface area contributed by atoms with Gasteiger partial charge in [-0.15, -0.1) is 0 Å². The number of esters is 1. The molecule has 1 aromatic heterocycles. The van der Waals surface area contributed by atoms with E-state index in [1.165, 1.54) is 14.0 Å². The third kappa shape index (κ3) is 4.06. The number of thiazole rings is 1. The van der Waals surface area contributed by atoms with Gasteiger partial charge in [0.2, 0.25) is 14.2 Å². The molecule has 0 unspecified atom stereocenters. The second kappa shape index (κ2) is 6.20. The zero-order chi connectivity index (χ0) is 14.6. The summed E-state index contributed by atoms with van der Waals surface area (Å²) in [7, 11) is -2.61. The average molecular weight is 311 g/mol. The van der Waals surface area contributed by atoms with E-state index in [1.54, 1.807) is 0 Å². The van der Waals surface area contributed by atoms with Gasteiger partial charge >= 0.3 is 5.97 Å². The maximum atomic E-state index is 11.8. The summed E-state index contributed by atoms with van der Waals surface area (Å²) in [5.41, 5.74) is 0.239. The molecule has 0 aliphatic carbocycles. The summed E-state index contributed by atoms with van der Waals surface area (Å²) in [6.07, 6.45) is -1.71. The summed E-state index contributed by atoms with van der Waals surface area (Å²) < 4.78 is 51.5. The normalized spacial score (nSPS) is 11.2. The monoisotopic (exact) mass is 311 g/mol. The molecule has 0 spiro atoms. The van der Waals surface area contributed by atoms with Crippen molar-refractivity contribution >= 4 is 27.1 Å². The number of sulfone groups is 1. The Labute approximate surface area is 112 Å². The molecule has 0 amide bonds. The van der Waals surface area contributed by atoms with Crippen LogP contribution in [0.2, 0.25) is 0 Å². The van der Waals surface area contributed by atoms with Crippen LogP contribution in [-0.2, 0) is 14.6 Å². The minimum absolute atomic E-state index is 0.0910. The molecule has 0 atom stereocenters. The number of aromatic nitrogens is 1. The van der Waals surface area contributed by atoms with Gasteiger partial charge < -0.3 is 4.74 Å². The van der Waals surface area contributed by atoms with Crippen LogP contribution in [0.3, 0.4) is 0 Å². The maximum Gasteiger partial charge on any atom is 0.350 e. The Morgan fingerprint density at radius 1 is 1.47 bits per heavy atom. The fourth-order valence-electron chi connectivity index (χ4n) is 1.20. The summed E-state index contributed by atoms with van der Waals surface area (Å²) in [6.45, 7) is 1.48. The zero-order valence-corrected chi connectivity index (χ0v) is 11.8. The van der Waals surface area contributed by atoms with Gasteiger partial charge in [-0.2, -0.15) is 8.78 Å². The number of carbonyl (C=O) groups is 1. The Kier molecular flexibility index (Phi) is 5.12. The molecule has 0 saturated heterocycles. The number of aryl methyl sites for hydroxylation is 1. The molecular formula is C10H11F2NO4S2. The van der Waals surface area contributed by atoms with E-state index < -0.39 is 27.6 Å². The van der Waals surface area contributed by atoms with Crippen molar-refractivity contribution in [3.8, 4) is 0 Å². The molecule has 0 aromatic carbocycles. The molecule has 9 heteroatoms. The molecule has 0 fully saturated rings. The average Bonchev–Trinajstić information content (AvgIpc) is 2.70. The van der Waals surface area contributed by atoms with Gasteiger partial charge in [0.1, 0.15) is 4.88 Å². The van der Waals surface area contributed by atoms with Gasteiger partial charge in [-0.05, 0) is 19.4 Å². The summed E-state index contributed by atoms with van der Waals surface area (Å²) in [6, 6.07) is 0. The molecule has 0 bridgehead atoms. The van der Waals surface area contributed by atoms with Crippen molar-refractivity contribution in [1.29, 1.82) is 0 Å². The van der Waals surface area contributed by atoms with E-state index in [0.717, 1.165) is 0 Å². The topological polar surface area (TPSA) is 73.3 Å². The number of carbonyl (C=O) groups excluding carboxylic acids is 1. The van der Waals surface area contributed by atoms with Crippen LogP contribution in [0.1, 0.15) is 21.8 Å². The van der Waals surface area contributed by atoms with Gasteiger partial charge in [0.25, 0.3) is 6.08 Å². The first-order valence-corrected chi connectivity index (χ1v) is 7.54. The predicted octanol–water partition coefficient (Wildman–Crippen LogP) is 2.18. The third-order valence-electron chi connectivity index (χ3n) is 2.10. The smallest absolute Gasteiger partial charge is 0.350 e. The lowest BCUT2D eigenvalue weighted by Crippen LogP contribution is -2.05. The zero-order valence-electron chi connectivity index (χ0n) is 10.1. The Bertz CT molecular complexity index is 603. The molecule has 1 aromatic rings. The minimum atomic E-state index is -3.78. The molecule has 106 valence electrons. The fraction of sp³-hybridized carbons (Fsp3) is 0.400. The molecule has 1 rings (SSSR count). The Balaban J connectivity index is 2.97. The third-order valence-corrected chi connectivity index (χ3v) is 5.44. The molecule has 19 heavy (non-hydrogen) atoms. The number of halogens is 2. The molecule has 0 radical (unpaired) electrons. The predicted molar refractivity (Wildman–Crippen MR) is 65.2 cm³/mol. The summed E-state index contributed by atoms with van der Waals surface area (Å²) in [5, 5.41) is 0. The van der Waals surface area contributed by atoms with Crippen molar-refractivity contribution in [3.63, 3.8) is 0 Å². The summed E-state index contributed by atoms with van der Waals surface area (Å²) >= 11 is 0.676. The van der Waals surface area contributed by atoms with Gasteiger partial charge in [0, 0.05) is 0 Å². The van der Waals surface area contributed by atoms with E-state index in [-0.39, 0.29) is 21.3 Å². The molecular weight excluding hydrogens is 300 g/mol. The highest BCUT2D eigenvalue weighted by Gasteiger charge is 2.23. The molecule has 5 nitrogen and oxygen atoms in total. The van der Waals surface area contributed by atoms with Crippen molar-refractivity contribution in [2.75, 3.05) is 12.9 Å². The van der Waals surface area contributed by atoms with E-state index in [1.807, 2.05) is 0 Å². The van der Waals surface area contributed by atoms with E-state index in [9.17, 15) is 22.0 Å². The lowest BCUT2D eigenvalue weighted by molar-refractivity contribution is 0.0605. The van der Waals surface area contributed by atoms with Crippen LogP contribution in [-0.4, -0.2) is 32.2 Å². The number of ether oxygens (including phenoxy) is 1. The van der Waals surface area contributed by atoms with Crippen molar-refractivity contribution in [2.24, 2.45) is 0 Å². The fourth-order valence-corrected chi connectivity index (χ4v) is 3.80. The van der Waals surface area contributed by atoms with Crippen molar-refractivity contribution in [3.05, 3.63) is 22.7 Å². The lowest BCUT2D eigenvalue weighted by Gasteiger charge is -1.96. The standard InChI is InChI=1S/C10H11F2NO4S2/c1-6-8(9(14)17-2)18-10(13-6)19(15,16)5-3-4-7(11)12/h4H,3,5H2,1-2H3. The number of hydrogen-bond acceptors (Lipinski definition) is 6. The SMILES string of the molecule is COC(=O)c1sc(S(=O)(=O)CCC=C(F)F)nc1C. The van der Waals surface area contributed by atoms with Crippen molar-refractivity contribution in [1.82, 2.24) is 4.98 Å². The van der Waals surface area contributed by atoms with Crippen LogP contribution in [0.25, 0.3) is 0 Å². The highest BCUT2D eigenvalue weighted by atomic mass is 32.2. The van der Waals surface area contributed by atoms with Crippen LogP contribution in [0.15, 0.2) is 16.5 Å². The molecule has 0 aliphatic rings. The second-order valence-corrected chi connectivity index (χ2v) is 6.77. The van der Waals surface area contributed by atoms with Crippen LogP contribution in [0.4, 0.5) is 8.78 Å². The second-order valence-electron chi connectivity index (χ2n) is 3.49. The molecule has 1 heterocycles. The van der Waals surface area contributed by atoms with Gasteiger partial charge in [0.05, 0.1) is 18.6 Å². The number of nitrogens with zero attached hydrogens (tertiary/aromatic N) is 1. The van der Waals surface area contributed by atoms with Crippen LogP contribution >= 0.6 is 11.3 Å². The van der Waals surface area contributed by atoms with E-state index in [4.69, 9.17) is 0 Å². The molecule has 0 N–H and O–H groups in total. The van der Waals surface area contributed by atoms with Crippen LogP contribution in [0.5, 0.6) is 0 Å². The maximum absolute atomic E-state index is 11.8. The van der Waals surface area contributed by atoms with Gasteiger partial charge in [-0.1, -0.05) is 11.3 Å².